The molecule has 7 nitrogen and oxygen atoms in total. The molecule has 1 aliphatic rings. The molecule has 3 aromatic rings. The van der Waals surface area contributed by atoms with Crippen molar-refractivity contribution >= 4 is 55.0 Å². The predicted octanol–water partition coefficient (Wildman–Crippen LogP) is 5.89. The Hall–Kier alpha value is -2.04. The smallest absolute Gasteiger partial charge is 0.260 e. The van der Waals surface area contributed by atoms with Crippen LogP contribution in [0.3, 0.4) is 0 Å². The van der Waals surface area contributed by atoms with Gasteiger partial charge in [0.15, 0.2) is 5.13 Å². The summed E-state index contributed by atoms with van der Waals surface area (Å²) in [7, 11) is 2.09. The van der Waals surface area contributed by atoms with Crippen molar-refractivity contribution in [2.75, 3.05) is 39.1 Å². The van der Waals surface area contributed by atoms with Crippen molar-refractivity contribution in [2.24, 2.45) is 0 Å². The predicted molar refractivity (Wildman–Crippen MR) is 159 cm³/mol. The minimum absolute atomic E-state index is 0. The number of benzene rings is 2. The van der Waals surface area contributed by atoms with Gasteiger partial charge in [-0.3, -0.25) is 9.69 Å². The van der Waals surface area contributed by atoms with E-state index in [1.807, 2.05) is 14.1 Å². The fourth-order valence-corrected chi connectivity index (χ4v) is 7.36. The molecule has 2 aromatic carbocycles. The highest BCUT2D eigenvalue weighted by molar-refractivity contribution is 7.89. The molecule has 1 fully saturated rings. The van der Waals surface area contributed by atoms with E-state index in [-0.39, 0.29) is 29.3 Å². The van der Waals surface area contributed by atoms with E-state index in [4.69, 9.17) is 4.98 Å². The summed E-state index contributed by atoms with van der Waals surface area (Å²) in [6.45, 7) is 5.49. The Balaban J connectivity index is 0.00000400. The molecule has 10 heteroatoms. The number of aromatic nitrogens is 1. The van der Waals surface area contributed by atoms with Gasteiger partial charge in [0, 0.05) is 25.2 Å². The van der Waals surface area contributed by atoms with Crippen molar-refractivity contribution in [3.8, 4) is 0 Å². The zero-order valence-electron chi connectivity index (χ0n) is 22.9. The van der Waals surface area contributed by atoms with E-state index in [9.17, 15) is 13.2 Å². The van der Waals surface area contributed by atoms with Crippen molar-refractivity contribution in [3.05, 3.63) is 53.1 Å². The summed E-state index contributed by atoms with van der Waals surface area (Å²) in [4.78, 5) is 22.6. The summed E-state index contributed by atoms with van der Waals surface area (Å²) in [6, 6.07) is 10.6. The number of anilines is 1. The summed E-state index contributed by atoms with van der Waals surface area (Å²) in [6.07, 6.45) is 5.88. The number of nitrogens with zero attached hydrogens (tertiary/aromatic N) is 4. The standard InChI is InChI=1S/C28H38N4O3S2.ClH/c1-20-12-17-25-26(21(20)2)29-28(36-25)32(19-9-18-30(3)4)27(33)22-13-15-24(16-14-22)37(34,35)31(5)23-10-7-6-8-11-23;/h12-17,23H,6-11,18-19H2,1-5H3;1H. The van der Waals surface area contributed by atoms with E-state index < -0.39 is 10.0 Å². The van der Waals surface area contributed by atoms with Crippen LogP contribution in [-0.4, -0.2) is 68.8 Å². The third-order valence-electron chi connectivity index (χ3n) is 7.40. The van der Waals surface area contributed by atoms with Crippen molar-refractivity contribution in [1.29, 1.82) is 0 Å². The number of carbonyl (C=O) groups is 1. The lowest BCUT2D eigenvalue weighted by Crippen LogP contribution is -2.38. The molecule has 208 valence electrons. The molecule has 0 spiro atoms. The molecule has 0 saturated heterocycles. The first-order chi connectivity index (χ1) is 17.6. The molecule has 1 aliphatic carbocycles. The number of halogens is 1. The molecule has 0 aliphatic heterocycles. The van der Waals surface area contributed by atoms with Crippen LogP contribution in [0, 0.1) is 13.8 Å². The zero-order valence-corrected chi connectivity index (χ0v) is 25.4. The molecular formula is C28H39ClN4O3S2. The van der Waals surface area contributed by atoms with E-state index in [0.717, 1.165) is 54.4 Å². The lowest BCUT2D eigenvalue weighted by Gasteiger charge is -2.30. The molecule has 38 heavy (non-hydrogen) atoms. The maximum Gasteiger partial charge on any atom is 0.260 e. The van der Waals surface area contributed by atoms with Crippen LogP contribution < -0.4 is 4.90 Å². The van der Waals surface area contributed by atoms with Crippen molar-refractivity contribution in [1.82, 2.24) is 14.2 Å². The Bertz CT molecular complexity index is 1350. The van der Waals surface area contributed by atoms with Crippen molar-refractivity contribution in [3.63, 3.8) is 0 Å². The minimum atomic E-state index is -3.61. The molecule has 1 heterocycles. The lowest BCUT2D eigenvalue weighted by atomic mass is 9.96. The largest absolute Gasteiger partial charge is 0.309 e. The quantitative estimate of drug-likeness (QED) is 0.317. The first kappa shape index (κ1) is 30.5. The maximum atomic E-state index is 13.7. The number of amides is 1. The Morgan fingerprint density at radius 1 is 0.974 bits per heavy atom. The summed E-state index contributed by atoms with van der Waals surface area (Å²) < 4.78 is 29.1. The number of fused-ring (bicyclic) bond motifs is 1. The highest BCUT2D eigenvalue weighted by atomic mass is 35.5. The molecule has 0 bridgehead atoms. The van der Waals surface area contributed by atoms with Crippen LogP contribution in [0.5, 0.6) is 0 Å². The Labute approximate surface area is 237 Å². The van der Waals surface area contributed by atoms with E-state index in [0.29, 0.717) is 17.2 Å². The molecule has 0 unspecified atom stereocenters. The zero-order chi connectivity index (χ0) is 26.7. The molecule has 0 N–H and O–H groups in total. The van der Waals surface area contributed by atoms with Crippen LogP contribution >= 0.6 is 23.7 Å². The summed E-state index contributed by atoms with van der Waals surface area (Å²) in [5.74, 6) is -0.170. The maximum absolute atomic E-state index is 13.7. The summed E-state index contributed by atoms with van der Waals surface area (Å²) in [5.41, 5.74) is 3.68. The summed E-state index contributed by atoms with van der Waals surface area (Å²) >= 11 is 1.52. The van der Waals surface area contributed by atoms with Gasteiger partial charge in [0.05, 0.1) is 15.1 Å². The lowest BCUT2D eigenvalue weighted by molar-refractivity contribution is 0.0986. The third kappa shape index (κ3) is 6.57. The fraction of sp³-hybridized carbons (Fsp3) is 0.500. The van der Waals surface area contributed by atoms with E-state index >= 15 is 0 Å². The van der Waals surface area contributed by atoms with Gasteiger partial charge in [-0.2, -0.15) is 4.31 Å². The van der Waals surface area contributed by atoms with Crippen molar-refractivity contribution < 1.29 is 13.2 Å². The van der Waals surface area contributed by atoms with E-state index in [1.54, 1.807) is 36.2 Å². The first-order valence-corrected chi connectivity index (χ1v) is 15.3. The number of aryl methyl sites for hydroxylation is 2. The monoisotopic (exact) mass is 578 g/mol. The average molecular weight is 579 g/mol. The Morgan fingerprint density at radius 2 is 1.63 bits per heavy atom. The topological polar surface area (TPSA) is 73.8 Å². The second-order valence-corrected chi connectivity index (χ2v) is 13.3. The fourth-order valence-electron chi connectivity index (χ4n) is 4.89. The van der Waals surface area contributed by atoms with Crippen LogP contribution in [0.25, 0.3) is 10.2 Å². The molecular weight excluding hydrogens is 540 g/mol. The highest BCUT2D eigenvalue weighted by Crippen LogP contribution is 2.33. The van der Waals surface area contributed by atoms with Crippen LogP contribution in [0.15, 0.2) is 41.3 Å². The van der Waals surface area contributed by atoms with Gasteiger partial charge in [-0.15, -0.1) is 12.4 Å². The van der Waals surface area contributed by atoms with Crippen LogP contribution in [0.4, 0.5) is 5.13 Å². The molecule has 1 aromatic heterocycles. The van der Waals surface area contributed by atoms with Gasteiger partial charge in [-0.25, -0.2) is 13.4 Å². The minimum Gasteiger partial charge on any atom is -0.309 e. The normalized spacial score (nSPS) is 14.7. The Kier molecular flexibility index (Phi) is 10.3. The number of hydrogen-bond acceptors (Lipinski definition) is 6. The van der Waals surface area contributed by atoms with Gasteiger partial charge in [-0.1, -0.05) is 36.7 Å². The highest BCUT2D eigenvalue weighted by Gasteiger charge is 2.29. The van der Waals surface area contributed by atoms with Gasteiger partial charge < -0.3 is 4.90 Å². The number of carbonyl (C=O) groups excluding carboxylic acids is 1. The van der Waals surface area contributed by atoms with Gasteiger partial charge in [-0.05, 0) is 95.2 Å². The number of thiazole rings is 1. The second-order valence-electron chi connectivity index (χ2n) is 10.3. The van der Waals surface area contributed by atoms with Crippen LogP contribution in [-0.2, 0) is 10.0 Å². The molecule has 4 rings (SSSR count). The first-order valence-electron chi connectivity index (χ1n) is 13.0. The van der Waals surface area contributed by atoms with Crippen LogP contribution in [0.1, 0.15) is 60.0 Å². The number of hydrogen-bond donors (Lipinski definition) is 0. The van der Waals surface area contributed by atoms with Gasteiger partial charge in [0.2, 0.25) is 10.0 Å². The third-order valence-corrected chi connectivity index (χ3v) is 10.4. The average Bonchev–Trinajstić information content (AvgIpc) is 3.33. The summed E-state index contributed by atoms with van der Waals surface area (Å²) in [5, 5.41) is 0.668. The Morgan fingerprint density at radius 3 is 2.26 bits per heavy atom. The molecule has 1 amide bonds. The van der Waals surface area contributed by atoms with E-state index in [2.05, 4.69) is 30.9 Å². The van der Waals surface area contributed by atoms with Crippen molar-refractivity contribution in [2.45, 2.75) is 63.3 Å². The van der Waals surface area contributed by atoms with Gasteiger partial charge >= 0.3 is 0 Å². The molecule has 1 saturated carbocycles. The van der Waals surface area contributed by atoms with E-state index in [1.165, 1.54) is 27.6 Å². The van der Waals surface area contributed by atoms with Crippen LogP contribution in [0.2, 0.25) is 0 Å². The molecule has 0 radical (unpaired) electrons. The molecule has 0 atom stereocenters. The second kappa shape index (κ2) is 12.9. The number of sulfonamides is 1. The SMILES string of the molecule is Cc1ccc2sc(N(CCCN(C)C)C(=O)c3ccc(S(=O)(=O)N(C)C4CCCCC4)cc3)nc2c1C.Cl. The number of rotatable bonds is 9. The van der Waals surface area contributed by atoms with Gasteiger partial charge in [0.1, 0.15) is 0 Å². The van der Waals surface area contributed by atoms with Gasteiger partial charge in [0.25, 0.3) is 5.91 Å².